The molecule has 3 aromatic rings. The van der Waals surface area contributed by atoms with Gasteiger partial charge in [-0.1, -0.05) is 47.5 Å². The third kappa shape index (κ3) is 5.77. The zero-order valence-electron chi connectivity index (χ0n) is 18.3. The fraction of sp³-hybridized carbons (Fsp3) is 0.231. The molecule has 166 valence electrons. The van der Waals surface area contributed by atoms with E-state index in [2.05, 4.69) is 35.9 Å². The Balaban J connectivity index is 0.00000141. The third-order valence-corrected chi connectivity index (χ3v) is 5.93. The number of aromatic nitrogens is 1. The summed E-state index contributed by atoms with van der Waals surface area (Å²) in [6.07, 6.45) is 7.77. The molecule has 4 nitrogen and oxygen atoms in total. The maximum atomic E-state index is 12.9. The molecule has 0 spiro atoms. The van der Waals surface area contributed by atoms with Crippen molar-refractivity contribution in [3.63, 3.8) is 0 Å². The topological polar surface area (TPSA) is 59.2 Å². The van der Waals surface area contributed by atoms with Gasteiger partial charge in [-0.05, 0) is 85.0 Å². The van der Waals surface area contributed by atoms with Gasteiger partial charge >= 0.3 is 0 Å². The Bertz CT molecular complexity index is 1100. The Morgan fingerprint density at radius 1 is 1.12 bits per heavy atom. The molecule has 1 aliphatic rings. The second kappa shape index (κ2) is 11.3. The van der Waals surface area contributed by atoms with E-state index in [0.717, 1.165) is 35.1 Å². The second-order valence-corrected chi connectivity index (χ2v) is 8.41. The maximum absolute atomic E-state index is 12.9. The average Bonchev–Trinajstić information content (AvgIpc) is 3.13. The van der Waals surface area contributed by atoms with Crippen LogP contribution in [-0.2, 0) is 19.5 Å². The molecule has 4 rings (SSSR count). The van der Waals surface area contributed by atoms with E-state index in [1.54, 1.807) is 6.20 Å². The first-order valence-electron chi connectivity index (χ1n) is 10.5. The number of nitrogens with two attached hydrogens (primary N) is 1. The molecule has 2 heterocycles. The van der Waals surface area contributed by atoms with Crippen molar-refractivity contribution in [1.82, 2.24) is 9.88 Å². The molecule has 2 aromatic carbocycles. The van der Waals surface area contributed by atoms with Crippen molar-refractivity contribution >= 4 is 34.7 Å². The van der Waals surface area contributed by atoms with Crippen LogP contribution >= 0.6 is 23.2 Å². The molecule has 0 fully saturated rings. The van der Waals surface area contributed by atoms with Crippen LogP contribution in [-0.4, -0.2) is 22.8 Å². The van der Waals surface area contributed by atoms with Crippen molar-refractivity contribution in [1.29, 1.82) is 0 Å². The summed E-state index contributed by atoms with van der Waals surface area (Å²) < 4.78 is 0. The first-order chi connectivity index (χ1) is 15.5. The van der Waals surface area contributed by atoms with Crippen molar-refractivity contribution in [2.45, 2.75) is 32.9 Å². The summed E-state index contributed by atoms with van der Waals surface area (Å²) in [5.41, 5.74) is 10.6. The lowest BCUT2D eigenvalue weighted by Gasteiger charge is -2.15. The van der Waals surface area contributed by atoms with E-state index >= 15 is 0 Å². The summed E-state index contributed by atoms with van der Waals surface area (Å²) in [6.45, 7) is 3.19. The van der Waals surface area contributed by atoms with Gasteiger partial charge in [-0.3, -0.25) is 9.78 Å². The molecule has 0 bridgehead atoms. The van der Waals surface area contributed by atoms with Gasteiger partial charge in [0.15, 0.2) is 0 Å². The van der Waals surface area contributed by atoms with Gasteiger partial charge < -0.3 is 10.6 Å². The van der Waals surface area contributed by atoms with E-state index in [1.165, 1.54) is 12.6 Å². The van der Waals surface area contributed by atoms with Gasteiger partial charge in [0.05, 0.1) is 10.6 Å². The Labute approximate surface area is 199 Å². The zero-order chi connectivity index (χ0) is 23.1. The molecule has 32 heavy (non-hydrogen) atoms. The Morgan fingerprint density at radius 3 is 2.56 bits per heavy atom. The minimum atomic E-state index is -0.0188. The fourth-order valence-corrected chi connectivity index (χ4v) is 4.19. The molecular formula is C26H27Cl2N3O. The summed E-state index contributed by atoms with van der Waals surface area (Å²) in [4.78, 5) is 18.9. The smallest absolute Gasteiger partial charge is 0.256 e. The summed E-state index contributed by atoms with van der Waals surface area (Å²) in [5.74, 6) is -0.0188. The average molecular weight is 468 g/mol. The minimum Gasteiger partial charge on any atom is -0.333 e. The molecule has 0 unspecified atom stereocenters. The fourth-order valence-electron chi connectivity index (χ4n) is 3.75. The molecule has 0 saturated carbocycles. The Kier molecular flexibility index (Phi) is 8.46. The highest BCUT2D eigenvalue weighted by molar-refractivity contribution is 6.34. The van der Waals surface area contributed by atoms with Crippen LogP contribution < -0.4 is 5.73 Å². The van der Waals surface area contributed by atoms with E-state index in [0.29, 0.717) is 28.7 Å². The van der Waals surface area contributed by atoms with Crippen LogP contribution in [0.1, 0.15) is 46.0 Å². The number of benzene rings is 2. The van der Waals surface area contributed by atoms with Gasteiger partial charge in [0.1, 0.15) is 0 Å². The van der Waals surface area contributed by atoms with Crippen LogP contribution in [0.5, 0.6) is 0 Å². The number of pyridine rings is 1. The minimum absolute atomic E-state index is 0.0188. The normalized spacial score (nSPS) is 13.0. The first kappa shape index (κ1) is 24.0. The van der Waals surface area contributed by atoms with Gasteiger partial charge in [-0.2, -0.15) is 0 Å². The number of rotatable bonds is 6. The maximum Gasteiger partial charge on any atom is 0.256 e. The number of carbonyl (C=O) groups excluding carboxylic acids is 1. The molecule has 1 aromatic heterocycles. The van der Waals surface area contributed by atoms with Gasteiger partial charge in [-0.15, -0.1) is 0 Å². The van der Waals surface area contributed by atoms with Crippen LogP contribution in [0.3, 0.4) is 0 Å². The molecular weight excluding hydrogens is 441 g/mol. The molecule has 2 N–H and O–H groups in total. The zero-order valence-corrected chi connectivity index (χ0v) is 19.8. The highest BCUT2D eigenvalue weighted by atomic mass is 35.5. The predicted octanol–water partition coefficient (Wildman–Crippen LogP) is 6.16. The van der Waals surface area contributed by atoms with Crippen LogP contribution in [0.15, 0.2) is 67.0 Å². The molecule has 0 atom stereocenters. The Hall–Kier alpha value is -2.66. The van der Waals surface area contributed by atoms with E-state index in [-0.39, 0.29) is 5.91 Å². The number of aryl methyl sites for hydroxylation is 1. The van der Waals surface area contributed by atoms with E-state index in [4.69, 9.17) is 23.2 Å². The second-order valence-electron chi connectivity index (χ2n) is 7.57. The number of hydrogen-bond donors (Lipinski definition) is 1. The van der Waals surface area contributed by atoms with Crippen LogP contribution in [0.4, 0.5) is 0 Å². The van der Waals surface area contributed by atoms with Crippen LogP contribution in [0.2, 0.25) is 10.0 Å². The lowest BCUT2D eigenvalue weighted by Crippen LogP contribution is -2.23. The van der Waals surface area contributed by atoms with E-state index < -0.39 is 0 Å². The monoisotopic (exact) mass is 467 g/mol. The molecule has 1 amide bonds. The summed E-state index contributed by atoms with van der Waals surface area (Å²) in [6, 6.07) is 15.6. The van der Waals surface area contributed by atoms with Gasteiger partial charge in [0, 0.05) is 30.5 Å². The SMILES string of the molecule is C/C(=C\CCc1cccnc1)c1cc(Cl)c2c(c1)CN(Cc1ccc(Cl)cc1)C2=O.CN. The highest BCUT2D eigenvalue weighted by Crippen LogP contribution is 2.33. The summed E-state index contributed by atoms with van der Waals surface area (Å²) >= 11 is 12.5. The molecule has 1 aliphatic heterocycles. The number of halogens is 2. The number of amides is 1. The van der Waals surface area contributed by atoms with Crippen molar-refractivity contribution in [3.05, 3.63) is 105 Å². The van der Waals surface area contributed by atoms with Crippen molar-refractivity contribution in [2.24, 2.45) is 5.73 Å². The Morgan fingerprint density at radius 2 is 1.88 bits per heavy atom. The summed E-state index contributed by atoms with van der Waals surface area (Å²) in [7, 11) is 1.50. The number of nitrogens with zero attached hydrogens (tertiary/aromatic N) is 2. The van der Waals surface area contributed by atoms with Gasteiger partial charge in [0.2, 0.25) is 0 Å². The number of carbonyl (C=O) groups is 1. The number of allylic oxidation sites excluding steroid dienone is 2. The quantitative estimate of drug-likeness (QED) is 0.472. The lowest BCUT2D eigenvalue weighted by atomic mass is 10.00. The largest absolute Gasteiger partial charge is 0.333 e. The molecule has 0 saturated heterocycles. The van der Waals surface area contributed by atoms with Gasteiger partial charge in [-0.25, -0.2) is 0 Å². The summed E-state index contributed by atoms with van der Waals surface area (Å²) in [5, 5.41) is 1.21. The van der Waals surface area contributed by atoms with Crippen LogP contribution in [0.25, 0.3) is 5.57 Å². The van der Waals surface area contributed by atoms with Crippen molar-refractivity contribution in [3.8, 4) is 0 Å². The standard InChI is InChI=1S/C25H22Cl2N2O.CH5N/c1-17(4-2-5-18-6-3-11-28-14-18)20-12-21-16-29(25(30)24(21)23(27)13-20)15-19-7-9-22(26)10-8-19;1-2/h3-4,6-14H,2,5,15-16H2,1H3;2H2,1H3/b17-4+;. The van der Waals surface area contributed by atoms with E-state index in [1.807, 2.05) is 47.5 Å². The molecule has 0 aliphatic carbocycles. The molecule has 0 radical (unpaired) electrons. The highest BCUT2D eigenvalue weighted by Gasteiger charge is 2.30. The van der Waals surface area contributed by atoms with Gasteiger partial charge in [0.25, 0.3) is 5.91 Å². The number of hydrogen-bond acceptors (Lipinski definition) is 3. The molecule has 6 heteroatoms. The van der Waals surface area contributed by atoms with E-state index in [9.17, 15) is 4.79 Å². The predicted molar refractivity (Wildman–Crippen MR) is 133 cm³/mol. The van der Waals surface area contributed by atoms with Crippen molar-refractivity contribution < 1.29 is 4.79 Å². The lowest BCUT2D eigenvalue weighted by molar-refractivity contribution is 0.0767. The van der Waals surface area contributed by atoms with Crippen molar-refractivity contribution in [2.75, 3.05) is 7.05 Å². The third-order valence-electron chi connectivity index (χ3n) is 5.38. The first-order valence-corrected chi connectivity index (χ1v) is 11.3. The van der Waals surface area contributed by atoms with Crippen LogP contribution in [0, 0.1) is 0 Å². The number of fused-ring (bicyclic) bond motifs is 1.